The highest BCUT2D eigenvalue weighted by Gasteiger charge is 2.20. The van der Waals surface area contributed by atoms with E-state index in [0.717, 1.165) is 38.9 Å². The average Bonchev–Trinajstić information content (AvgIpc) is 2.48. The number of nitrogens with one attached hydrogen (secondary N) is 1. The van der Waals surface area contributed by atoms with Crippen LogP contribution in [-0.4, -0.2) is 41.0 Å². The van der Waals surface area contributed by atoms with Gasteiger partial charge in [0.25, 0.3) is 0 Å². The van der Waals surface area contributed by atoms with Crippen molar-refractivity contribution in [2.45, 2.75) is 51.2 Å². The van der Waals surface area contributed by atoms with E-state index in [1.54, 1.807) is 0 Å². The van der Waals surface area contributed by atoms with Gasteiger partial charge in [-0.05, 0) is 43.9 Å². The number of pyridine rings is 1. The number of nitrogens with zero attached hydrogens (tertiary/aromatic N) is 2. The molecule has 1 unspecified atom stereocenters. The third-order valence-corrected chi connectivity index (χ3v) is 3.93. The maximum Gasteiger partial charge on any atom is 0.220 e. The van der Waals surface area contributed by atoms with Gasteiger partial charge in [-0.25, -0.2) is 0 Å². The van der Waals surface area contributed by atoms with E-state index in [9.17, 15) is 4.79 Å². The van der Waals surface area contributed by atoms with Crippen LogP contribution in [-0.2, 0) is 11.3 Å². The van der Waals surface area contributed by atoms with E-state index in [1.165, 1.54) is 5.56 Å². The molecular weight excluding hydrogens is 264 g/mol. The molecule has 1 aliphatic rings. The van der Waals surface area contributed by atoms with Crippen molar-refractivity contribution in [2.75, 3.05) is 13.1 Å². The molecule has 1 aromatic rings. The van der Waals surface area contributed by atoms with Gasteiger partial charge in [-0.3, -0.25) is 14.7 Å². The van der Waals surface area contributed by atoms with Crippen LogP contribution in [0, 0.1) is 0 Å². The smallest absolute Gasteiger partial charge is 0.220 e. The van der Waals surface area contributed by atoms with Crippen molar-refractivity contribution in [1.82, 2.24) is 15.2 Å². The molecule has 0 spiro atoms. The lowest BCUT2D eigenvalue weighted by Crippen LogP contribution is -2.44. The summed E-state index contributed by atoms with van der Waals surface area (Å²) in [5, 5.41) is 3.13. The van der Waals surface area contributed by atoms with Gasteiger partial charge in [0.15, 0.2) is 0 Å². The van der Waals surface area contributed by atoms with Crippen molar-refractivity contribution in [3.05, 3.63) is 30.1 Å². The molecule has 3 N–H and O–H groups in total. The summed E-state index contributed by atoms with van der Waals surface area (Å²) in [4.78, 5) is 18.3. The first-order valence-corrected chi connectivity index (χ1v) is 7.79. The lowest BCUT2D eigenvalue weighted by atomic mass is 10.0. The number of likely N-dealkylation sites (tertiary alicyclic amines) is 1. The number of hydrogen-bond donors (Lipinski definition) is 2. The van der Waals surface area contributed by atoms with Crippen LogP contribution in [0.15, 0.2) is 24.5 Å². The summed E-state index contributed by atoms with van der Waals surface area (Å²) >= 11 is 0. The average molecular weight is 290 g/mol. The van der Waals surface area contributed by atoms with Crippen LogP contribution in [0.1, 0.15) is 38.2 Å². The highest BCUT2D eigenvalue weighted by molar-refractivity contribution is 5.76. The minimum Gasteiger partial charge on any atom is -0.353 e. The normalized spacial score (nSPS) is 18.4. The molecule has 116 valence electrons. The zero-order valence-electron chi connectivity index (χ0n) is 12.8. The van der Waals surface area contributed by atoms with Gasteiger partial charge in [0.1, 0.15) is 0 Å². The molecule has 1 aromatic heterocycles. The summed E-state index contributed by atoms with van der Waals surface area (Å²) in [6, 6.07) is 4.53. The summed E-state index contributed by atoms with van der Waals surface area (Å²) in [7, 11) is 0. The molecular formula is C16H26N4O. The van der Waals surface area contributed by atoms with E-state index < -0.39 is 0 Å². The van der Waals surface area contributed by atoms with Crippen molar-refractivity contribution in [3.8, 4) is 0 Å². The number of nitrogens with two attached hydrogens (primary N) is 1. The van der Waals surface area contributed by atoms with Gasteiger partial charge in [0, 0.05) is 50.5 Å². The van der Waals surface area contributed by atoms with Gasteiger partial charge < -0.3 is 11.1 Å². The van der Waals surface area contributed by atoms with Crippen molar-refractivity contribution in [3.63, 3.8) is 0 Å². The maximum atomic E-state index is 11.8. The molecule has 0 saturated carbocycles. The highest BCUT2D eigenvalue weighted by atomic mass is 16.1. The molecule has 1 amide bonds. The predicted octanol–water partition coefficient (Wildman–Crippen LogP) is 1.29. The van der Waals surface area contributed by atoms with Crippen molar-refractivity contribution < 1.29 is 4.79 Å². The predicted molar refractivity (Wildman–Crippen MR) is 83.6 cm³/mol. The zero-order valence-corrected chi connectivity index (χ0v) is 12.8. The summed E-state index contributed by atoms with van der Waals surface area (Å²) in [5.74, 6) is 0.139. The fourth-order valence-electron chi connectivity index (χ4n) is 2.64. The molecule has 0 aliphatic carbocycles. The number of rotatable bonds is 6. The monoisotopic (exact) mass is 290 g/mol. The Balaban J connectivity index is 1.67. The molecule has 5 heteroatoms. The quantitative estimate of drug-likeness (QED) is 0.828. The first-order valence-electron chi connectivity index (χ1n) is 7.79. The number of piperidine rings is 1. The molecule has 1 aliphatic heterocycles. The van der Waals surface area contributed by atoms with Crippen molar-refractivity contribution >= 4 is 5.91 Å². The summed E-state index contributed by atoms with van der Waals surface area (Å²) in [5.41, 5.74) is 6.97. The van der Waals surface area contributed by atoms with Crippen LogP contribution in [0.4, 0.5) is 0 Å². The molecule has 2 rings (SSSR count). The van der Waals surface area contributed by atoms with E-state index in [4.69, 9.17) is 5.73 Å². The fourth-order valence-corrected chi connectivity index (χ4v) is 2.64. The van der Waals surface area contributed by atoms with E-state index in [1.807, 2.05) is 19.3 Å². The Morgan fingerprint density at radius 1 is 1.43 bits per heavy atom. The molecule has 2 heterocycles. The molecule has 0 bridgehead atoms. The van der Waals surface area contributed by atoms with Crippen LogP contribution in [0.25, 0.3) is 0 Å². The second kappa shape index (κ2) is 8.10. The first kappa shape index (κ1) is 15.9. The van der Waals surface area contributed by atoms with Crippen LogP contribution in [0.3, 0.4) is 0 Å². The van der Waals surface area contributed by atoms with Crippen LogP contribution < -0.4 is 11.1 Å². The van der Waals surface area contributed by atoms with Gasteiger partial charge in [-0.1, -0.05) is 0 Å². The Bertz CT molecular complexity index is 427. The third-order valence-electron chi connectivity index (χ3n) is 3.93. The Hall–Kier alpha value is -1.46. The second-order valence-corrected chi connectivity index (χ2v) is 5.99. The third kappa shape index (κ3) is 5.81. The molecule has 21 heavy (non-hydrogen) atoms. The Labute approximate surface area is 126 Å². The van der Waals surface area contributed by atoms with Crippen LogP contribution >= 0.6 is 0 Å². The molecule has 1 fully saturated rings. The van der Waals surface area contributed by atoms with Crippen molar-refractivity contribution in [2.24, 2.45) is 5.73 Å². The van der Waals surface area contributed by atoms with E-state index >= 15 is 0 Å². The van der Waals surface area contributed by atoms with E-state index in [2.05, 4.69) is 27.3 Å². The van der Waals surface area contributed by atoms with Gasteiger partial charge in [-0.15, -0.1) is 0 Å². The van der Waals surface area contributed by atoms with Gasteiger partial charge >= 0.3 is 0 Å². The lowest BCUT2D eigenvalue weighted by Gasteiger charge is -2.32. The zero-order chi connectivity index (χ0) is 15.1. The standard InChI is InChI=1S/C16H26N4O/c1-13(17)2-3-16(21)19-15-6-10-20(11-7-15)12-14-4-8-18-9-5-14/h4-5,8-9,13,15H,2-3,6-7,10-12,17H2,1H3,(H,19,21). The van der Waals surface area contributed by atoms with Crippen LogP contribution in [0.5, 0.6) is 0 Å². The molecule has 1 atom stereocenters. The molecule has 0 aromatic carbocycles. The Morgan fingerprint density at radius 3 is 2.71 bits per heavy atom. The number of amides is 1. The minimum atomic E-state index is 0.0953. The minimum absolute atomic E-state index is 0.0953. The fraction of sp³-hybridized carbons (Fsp3) is 0.625. The summed E-state index contributed by atoms with van der Waals surface area (Å²) < 4.78 is 0. The van der Waals surface area contributed by atoms with Gasteiger partial charge in [-0.2, -0.15) is 0 Å². The number of carbonyl (C=O) groups is 1. The van der Waals surface area contributed by atoms with Crippen LogP contribution in [0.2, 0.25) is 0 Å². The number of hydrogen-bond acceptors (Lipinski definition) is 4. The Morgan fingerprint density at radius 2 is 2.10 bits per heavy atom. The van der Waals surface area contributed by atoms with Gasteiger partial charge in [0.05, 0.1) is 0 Å². The SMILES string of the molecule is CC(N)CCC(=O)NC1CCN(Cc2ccncc2)CC1. The Kier molecular flexibility index (Phi) is 6.14. The first-order chi connectivity index (χ1) is 10.1. The molecule has 0 radical (unpaired) electrons. The molecule has 1 saturated heterocycles. The number of carbonyl (C=O) groups excluding carboxylic acids is 1. The maximum absolute atomic E-state index is 11.8. The summed E-state index contributed by atoms with van der Waals surface area (Å²) in [6.07, 6.45) is 7.01. The largest absolute Gasteiger partial charge is 0.353 e. The summed E-state index contributed by atoms with van der Waals surface area (Å²) in [6.45, 7) is 4.96. The lowest BCUT2D eigenvalue weighted by molar-refractivity contribution is -0.122. The second-order valence-electron chi connectivity index (χ2n) is 5.99. The van der Waals surface area contributed by atoms with Gasteiger partial charge in [0.2, 0.25) is 5.91 Å². The van der Waals surface area contributed by atoms with Crippen molar-refractivity contribution in [1.29, 1.82) is 0 Å². The van der Waals surface area contributed by atoms with E-state index in [-0.39, 0.29) is 11.9 Å². The molecule has 5 nitrogen and oxygen atoms in total. The number of aromatic nitrogens is 1. The van der Waals surface area contributed by atoms with E-state index in [0.29, 0.717) is 12.5 Å². The highest BCUT2D eigenvalue weighted by Crippen LogP contribution is 2.13. The topological polar surface area (TPSA) is 71.2 Å².